The summed E-state index contributed by atoms with van der Waals surface area (Å²) in [4.78, 5) is 28.4. The molecule has 0 bridgehead atoms. The molecule has 2 aliphatic heterocycles. The SMILES string of the molecule is CN(C)C(=O)C1CN(C(=O)c2cc(F)ccc2F)CC12CCOCC2. The van der Waals surface area contributed by atoms with Crippen molar-refractivity contribution >= 4 is 11.8 Å². The van der Waals surface area contributed by atoms with Crippen LogP contribution in [0.5, 0.6) is 0 Å². The van der Waals surface area contributed by atoms with E-state index in [1.807, 2.05) is 0 Å². The monoisotopic (exact) mass is 352 g/mol. The van der Waals surface area contributed by atoms with Crippen molar-refractivity contribution < 1.29 is 23.1 Å². The number of rotatable bonds is 2. The molecule has 1 spiro atoms. The highest BCUT2D eigenvalue weighted by Gasteiger charge is 2.52. The number of hydrogen-bond donors (Lipinski definition) is 0. The molecule has 0 aliphatic carbocycles. The molecule has 0 N–H and O–H groups in total. The van der Waals surface area contributed by atoms with Crippen LogP contribution in [0.3, 0.4) is 0 Å². The van der Waals surface area contributed by atoms with Crippen LogP contribution in [-0.4, -0.2) is 62.0 Å². The fourth-order valence-electron chi connectivity index (χ4n) is 3.89. The second kappa shape index (κ2) is 6.71. The van der Waals surface area contributed by atoms with Crippen molar-refractivity contribution in [1.29, 1.82) is 0 Å². The van der Waals surface area contributed by atoms with E-state index in [1.165, 1.54) is 9.80 Å². The number of amides is 2. The number of carbonyl (C=O) groups excluding carboxylic acids is 2. The molecule has 0 saturated carbocycles. The molecule has 2 heterocycles. The highest BCUT2D eigenvalue weighted by Crippen LogP contribution is 2.45. The van der Waals surface area contributed by atoms with Gasteiger partial charge < -0.3 is 14.5 Å². The Hall–Kier alpha value is -2.02. The van der Waals surface area contributed by atoms with Crippen LogP contribution in [0.15, 0.2) is 18.2 Å². The molecule has 1 unspecified atom stereocenters. The van der Waals surface area contributed by atoms with Gasteiger partial charge in [0.15, 0.2) is 0 Å². The average molecular weight is 352 g/mol. The number of carbonyl (C=O) groups is 2. The van der Waals surface area contributed by atoms with Crippen LogP contribution in [0.2, 0.25) is 0 Å². The van der Waals surface area contributed by atoms with E-state index in [2.05, 4.69) is 0 Å². The topological polar surface area (TPSA) is 49.9 Å². The van der Waals surface area contributed by atoms with Crippen LogP contribution < -0.4 is 0 Å². The smallest absolute Gasteiger partial charge is 0.256 e. The first-order chi connectivity index (χ1) is 11.8. The van der Waals surface area contributed by atoms with Gasteiger partial charge >= 0.3 is 0 Å². The summed E-state index contributed by atoms with van der Waals surface area (Å²) in [6.45, 7) is 1.64. The summed E-state index contributed by atoms with van der Waals surface area (Å²) in [5.41, 5.74) is -0.654. The molecule has 5 nitrogen and oxygen atoms in total. The number of hydrogen-bond acceptors (Lipinski definition) is 3. The third-order valence-electron chi connectivity index (χ3n) is 5.32. The Morgan fingerprint density at radius 2 is 1.92 bits per heavy atom. The van der Waals surface area contributed by atoms with Gasteiger partial charge in [0.2, 0.25) is 5.91 Å². The van der Waals surface area contributed by atoms with Gasteiger partial charge in [0.05, 0.1) is 11.5 Å². The van der Waals surface area contributed by atoms with Gasteiger partial charge in [0, 0.05) is 45.8 Å². The lowest BCUT2D eigenvalue weighted by molar-refractivity contribution is -0.138. The summed E-state index contributed by atoms with van der Waals surface area (Å²) in [7, 11) is 3.37. The fourth-order valence-corrected chi connectivity index (χ4v) is 3.89. The molecule has 1 aromatic rings. The van der Waals surface area contributed by atoms with Gasteiger partial charge in [-0.05, 0) is 31.0 Å². The lowest BCUT2D eigenvalue weighted by atomic mass is 9.71. The van der Waals surface area contributed by atoms with Crippen molar-refractivity contribution in [3.63, 3.8) is 0 Å². The lowest BCUT2D eigenvalue weighted by Gasteiger charge is -2.37. The molecule has 2 amide bonds. The van der Waals surface area contributed by atoms with Gasteiger partial charge in [-0.25, -0.2) is 8.78 Å². The first-order valence-corrected chi connectivity index (χ1v) is 8.37. The molecule has 1 atom stereocenters. The van der Waals surface area contributed by atoms with Crippen LogP contribution in [0, 0.1) is 23.0 Å². The van der Waals surface area contributed by atoms with Crippen molar-refractivity contribution in [3.8, 4) is 0 Å². The standard InChI is InChI=1S/C18H22F2N2O3/c1-21(2)17(24)14-10-22(11-18(14)5-7-25-8-6-18)16(23)13-9-12(19)3-4-15(13)20/h3-4,9,14H,5-8,10-11H2,1-2H3. The summed E-state index contributed by atoms with van der Waals surface area (Å²) in [6, 6.07) is 2.84. The first-order valence-electron chi connectivity index (χ1n) is 8.37. The maximum atomic E-state index is 14.0. The molecule has 3 rings (SSSR count). The second-order valence-electron chi connectivity index (χ2n) is 7.07. The molecule has 25 heavy (non-hydrogen) atoms. The van der Waals surface area contributed by atoms with Crippen LogP contribution in [0.1, 0.15) is 23.2 Å². The van der Waals surface area contributed by atoms with Gasteiger partial charge in [-0.15, -0.1) is 0 Å². The third kappa shape index (κ3) is 3.25. The highest BCUT2D eigenvalue weighted by atomic mass is 19.1. The van der Waals surface area contributed by atoms with Crippen LogP contribution >= 0.6 is 0 Å². The molecular formula is C18H22F2N2O3. The second-order valence-corrected chi connectivity index (χ2v) is 7.07. The average Bonchev–Trinajstić information content (AvgIpc) is 2.95. The van der Waals surface area contributed by atoms with E-state index in [0.29, 0.717) is 32.6 Å². The summed E-state index contributed by atoms with van der Waals surface area (Å²) in [5, 5.41) is 0. The number of nitrogens with zero attached hydrogens (tertiary/aromatic N) is 2. The number of likely N-dealkylation sites (tertiary alicyclic amines) is 1. The first kappa shape index (κ1) is 17.8. The molecule has 1 aromatic carbocycles. The van der Waals surface area contributed by atoms with E-state index >= 15 is 0 Å². The molecule has 2 saturated heterocycles. The Bertz CT molecular complexity index is 687. The Morgan fingerprint density at radius 1 is 1.24 bits per heavy atom. The zero-order valence-electron chi connectivity index (χ0n) is 14.4. The minimum atomic E-state index is -0.755. The number of ether oxygens (including phenoxy) is 1. The van der Waals surface area contributed by atoms with E-state index < -0.39 is 17.5 Å². The van der Waals surface area contributed by atoms with E-state index in [0.717, 1.165) is 18.2 Å². The third-order valence-corrected chi connectivity index (χ3v) is 5.32. The zero-order chi connectivity index (χ0) is 18.2. The molecule has 136 valence electrons. The molecule has 7 heteroatoms. The largest absolute Gasteiger partial charge is 0.381 e. The Balaban J connectivity index is 1.90. The minimum absolute atomic E-state index is 0.0445. The van der Waals surface area contributed by atoms with Crippen molar-refractivity contribution in [1.82, 2.24) is 9.80 Å². The van der Waals surface area contributed by atoms with Crippen molar-refractivity contribution in [3.05, 3.63) is 35.4 Å². The van der Waals surface area contributed by atoms with E-state index in [1.54, 1.807) is 14.1 Å². The van der Waals surface area contributed by atoms with E-state index in [9.17, 15) is 18.4 Å². The fraction of sp³-hybridized carbons (Fsp3) is 0.556. The van der Waals surface area contributed by atoms with E-state index in [4.69, 9.17) is 4.74 Å². The summed E-state index contributed by atoms with van der Waals surface area (Å²) < 4.78 is 32.8. The molecule has 0 aromatic heterocycles. The van der Waals surface area contributed by atoms with Gasteiger partial charge in [-0.2, -0.15) is 0 Å². The molecular weight excluding hydrogens is 330 g/mol. The van der Waals surface area contributed by atoms with Crippen LogP contribution in [0.25, 0.3) is 0 Å². The van der Waals surface area contributed by atoms with Gasteiger partial charge in [-0.1, -0.05) is 0 Å². The normalized spacial score (nSPS) is 22.2. The predicted molar refractivity (Wildman–Crippen MR) is 86.9 cm³/mol. The molecule has 2 fully saturated rings. The van der Waals surface area contributed by atoms with Crippen LogP contribution in [0.4, 0.5) is 8.78 Å². The Kier molecular flexibility index (Phi) is 4.77. The lowest BCUT2D eigenvalue weighted by Crippen LogP contribution is -2.44. The van der Waals surface area contributed by atoms with Crippen molar-refractivity contribution in [2.24, 2.45) is 11.3 Å². The van der Waals surface area contributed by atoms with Gasteiger partial charge in [-0.3, -0.25) is 9.59 Å². The van der Waals surface area contributed by atoms with Gasteiger partial charge in [0.25, 0.3) is 5.91 Å². The maximum Gasteiger partial charge on any atom is 0.256 e. The zero-order valence-corrected chi connectivity index (χ0v) is 14.4. The summed E-state index contributed by atoms with van der Waals surface area (Å²) >= 11 is 0. The summed E-state index contributed by atoms with van der Waals surface area (Å²) in [5.74, 6) is -2.39. The quantitative estimate of drug-likeness (QED) is 0.817. The highest BCUT2D eigenvalue weighted by molar-refractivity contribution is 5.95. The molecule has 2 aliphatic rings. The van der Waals surface area contributed by atoms with Crippen molar-refractivity contribution in [2.75, 3.05) is 40.4 Å². The van der Waals surface area contributed by atoms with E-state index in [-0.39, 0.29) is 29.3 Å². The summed E-state index contributed by atoms with van der Waals surface area (Å²) in [6.07, 6.45) is 1.35. The molecule has 0 radical (unpaired) electrons. The van der Waals surface area contributed by atoms with Gasteiger partial charge in [0.1, 0.15) is 11.6 Å². The minimum Gasteiger partial charge on any atom is -0.381 e. The number of benzene rings is 1. The Morgan fingerprint density at radius 3 is 2.56 bits per heavy atom. The Labute approximate surface area is 145 Å². The number of halogens is 2. The van der Waals surface area contributed by atoms with Crippen molar-refractivity contribution in [2.45, 2.75) is 12.8 Å². The van der Waals surface area contributed by atoms with Crippen LogP contribution in [-0.2, 0) is 9.53 Å². The maximum absolute atomic E-state index is 14.0. The predicted octanol–water partition coefficient (Wildman–Crippen LogP) is 1.92.